The molecule has 2 rings (SSSR count). The van der Waals surface area contributed by atoms with Crippen LogP contribution < -0.4 is 10.2 Å². The summed E-state index contributed by atoms with van der Waals surface area (Å²) in [4.78, 5) is 11.5. The van der Waals surface area contributed by atoms with Gasteiger partial charge in [-0.2, -0.15) is 0 Å². The minimum absolute atomic E-state index is 0.769. The monoisotopic (exact) mass is 288 g/mol. The summed E-state index contributed by atoms with van der Waals surface area (Å²) < 4.78 is 5.13. The highest BCUT2D eigenvalue weighted by atomic mass is 16.3. The van der Waals surface area contributed by atoms with E-state index in [1.807, 2.05) is 13.1 Å². The Kier molecular flexibility index (Phi) is 5.20. The molecule has 0 fully saturated rings. The summed E-state index contributed by atoms with van der Waals surface area (Å²) in [7, 11) is 2.05. The highest BCUT2D eigenvalue weighted by Gasteiger charge is 2.14. The van der Waals surface area contributed by atoms with E-state index in [9.17, 15) is 0 Å². The highest BCUT2D eigenvalue weighted by Crippen LogP contribution is 2.24. The first-order valence-corrected chi connectivity index (χ1v) is 7.49. The minimum atomic E-state index is 0.769. The molecule has 0 amide bonds. The van der Waals surface area contributed by atoms with E-state index in [4.69, 9.17) is 9.40 Å². The van der Waals surface area contributed by atoms with E-state index < -0.39 is 0 Å². The summed E-state index contributed by atoms with van der Waals surface area (Å²) in [6.45, 7) is 7.91. The maximum atomic E-state index is 5.13. The summed E-state index contributed by atoms with van der Waals surface area (Å²) in [6, 6.07) is 1.98. The molecule has 0 aliphatic carbocycles. The molecular weight excluding hydrogens is 264 g/mol. The third-order valence-electron chi connectivity index (χ3n) is 3.35. The lowest BCUT2D eigenvalue weighted by molar-refractivity contribution is 0.563. The normalized spacial score (nSPS) is 10.7. The Labute approximate surface area is 126 Å². The number of aryl methyl sites for hydroxylation is 1. The van der Waals surface area contributed by atoms with Gasteiger partial charge in [-0.05, 0) is 26.3 Å². The molecule has 0 unspecified atom stereocenters. The van der Waals surface area contributed by atoms with Crippen molar-refractivity contribution in [3.05, 3.63) is 35.5 Å². The van der Waals surface area contributed by atoms with Crippen molar-refractivity contribution in [3.63, 3.8) is 0 Å². The lowest BCUT2D eigenvalue weighted by Crippen LogP contribution is -2.21. The van der Waals surface area contributed by atoms with Crippen LogP contribution >= 0.6 is 0 Å². The smallest absolute Gasteiger partial charge is 0.137 e. The second-order valence-electron chi connectivity index (χ2n) is 5.21. The van der Waals surface area contributed by atoms with Gasteiger partial charge in [-0.15, -0.1) is 0 Å². The molecule has 2 aromatic heterocycles. The molecule has 21 heavy (non-hydrogen) atoms. The van der Waals surface area contributed by atoms with Gasteiger partial charge in [0.15, 0.2) is 0 Å². The van der Waals surface area contributed by atoms with Gasteiger partial charge in [-0.1, -0.05) is 6.92 Å². The Balaban J connectivity index is 2.30. The summed E-state index contributed by atoms with van der Waals surface area (Å²) in [5.74, 6) is 2.81. The molecule has 1 N–H and O–H groups in total. The third-order valence-corrected chi connectivity index (χ3v) is 3.35. The SMILES string of the molecule is CCCc1nc(NCC)c(C)c(N(C)Cc2ccoc2)n1. The van der Waals surface area contributed by atoms with Gasteiger partial charge >= 0.3 is 0 Å². The van der Waals surface area contributed by atoms with Crippen molar-refractivity contribution in [1.29, 1.82) is 0 Å². The largest absolute Gasteiger partial charge is 0.472 e. The molecular formula is C16H24N4O. The molecule has 0 aliphatic rings. The predicted octanol–water partition coefficient (Wildman–Crippen LogP) is 3.40. The van der Waals surface area contributed by atoms with E-state index in [1.54, 1.807) is 12.5 Å². The predicted molar refractivity (Wildman–Crippen MR) is 85.7 cm³/mol. The van der Waals surface area contributed by atoms with Gasteiger partial charge < -0.3 is 14.6 Å². The van der Waals surface area contributed by atoms with E-state index in [0.717, 1.165) is 54.5 Å². The molecule has 2 heterocycles. The van der Waals surface area contributed by atoms with Gasteiger partial charge in [0.1, 0.15) is 17.5 Å². The van der Waals surface area contributed by atoms with Crippen LogP contribution in [-0.2, 0) is 13.0 Å². The number of anilines is 2. The zero-order valence-electron chi connectivity index (χ0n) is 13.3. The van der Waals surface area contributed by atoms with Crippen molar-refractivity contribution in [1.82, 2.24) is 9.97 Å². The van der Waals surface area contributed by atoms with E-state index >= 15 is 0 Å². The number of rotatable bonds is 7. The third kappa shape index (κ3) is 3.74. The maximum absolute atomic E-state index is 5.13. The average Bonchev–Trinajstić information content (AvgIpc) is 2.95. The van der Waals surface area contributed by atoms with Crippen molar-refractivity contribution in [3.8, 4) is 0 Å². The second-order valence-corrected chi connectivity index (χ2v) is 5.21. The molecule has 0 spiro atoms. The first-order valence-electron chi connectivity index (χ1n) is 7.49. The molecule has 0 aliphatic heterocycles. The van der Waals surface area contributed by atoms with Crippen LogP contribution in [0.4, 0.5) is 11.6 Å². The summed E-state index contributed by atoms with van der Waals surface area (Å²) in [5.41, 5.74) is 2.22. The number of hydrogen-bond donors (Lipinski definition) is 1. The molecule has 5 nitrogen and oxygen atoms in total. The number of nitrogens with one attached hydrogen (secondary N) is 1. The summed E-state index contributed by atoms with van der Waals surface area (Å²) in [6.07, 6.45) is 5.40. The van der Waals surface area contributed by atoms with Crippen molar-refractivity contribution < 1.29 is 4.42 Å². The van der Waals surface area contributed by atoms with Gasteiger partial charge in [0, 0.05) is 37.7 Å². The minimum Gasteiger partial charge on any atom is -0.472 e. The number of hydrogen-bond acceptors (Lipinski definition) is 5. The first kappa shape index (κ1) is 15.4. The number of furan rings is 1. The van der Waals surface area contributed by atoms with Gasteiger partial charge in [-0.3, -0.25) is 0 Å². The second kappa shape index (κ2) is 7.11. The lowest BCUT2D eigenvalue weighted by atomic mass is 10.2. The van der Waals surface area contributed by atoms with Crippen LogP contribution in [0.1, 0.15) is 37.2 Å². The van der Waals surface area contributed by atoms with Crippen LogP contribution in [0.5, 0.6) is 0 Å². The van der Waals surface area contributed by atoms with Crippen molar-refractivity contribution in [2.75, 3.05) is 23.8 Å². The molecule has 114 valence electrons. The fourth-order valence-electron chi connectivity index (χ4n) is 2.33. The van der Waals surface area contributed by atoms with Crippen LogP contribution in [0.2, 0.25) is 0 Å². The molecule has 0 saturated heterocycles. The van der Waals surface area contributed by atoms with Gasteiger partial charge in [-0.25, -0.2) is 9.97 Å². The molecule has 0 atom stereocenters. The number of nitrogens with zero attached hydrogens (tertiary/aromatic N) is 3. The molecule has 0 bridgehead atoms. The zero-order chi connectivity index (χ0) is 15.2. The fraction of sp³-hybridized carbons (Fsp3) is 0.500. The van der Waals surface area contributed by atoms with Crippen molar-refractivity contribution in [2.45, 2.75) is 40.2 Å². The Hall–Kier alpha value is -2.04. The van der Waals surface area contributed by atoms with Crippen LogP contribution in [0, 0.1) is 6.92 Å². The maximum Gasteiger partial charge on any atom is 0.137 e. The number of aromatic nitrogens is 2. The van der Waals surface area contributed by atoms with Crippen LogP contribution in [0.3, 0.4) is 0 Å². The quantitative estimate of drug-likeness (QED) is 0.846. The van der Waals surface area contributed by atoms with Crippen LogP contribution in [-0.4, -0.2) is 23.6 Å². The standard InChI is InChI=1S/C16H24N4O/c1-5-7-14-18-15(17-6-2)12(3)16(19-14)20(4)10-13-8-9-21-11-13/h8-9,11H,5-7,10H2,1-4H3,(H,17,18,19). The van der Waals surface area contributed by atoms with Crippen molar-refractivity contribution in [2.24, 2.45) is 0 Å². The van der Waals surface area contributed by atoms with E-state index in [-0.39, 0.29) is 0 Å². The molecule has 5 heteroatoms. The molecule has 0 aromatic carbocycles. The molecule has 2 aromatic rings. The van der Waals surface area contributed by atoms with E-state index in [2.05, 4.69) is 36.0 Å². The van der Waals surface area contributed by atoms with E-state index in [0.29, 0.717) is 0 Å². The Morgan fingerprint density at radius 1 is 1.29 bits per heavy atom. The highest BCUT2D eigenvalue weighted by molar-refractivity contribution is 5.58. The fourth-order valence-corrected chi connectivity index (χ4v) is 2.33. The summed E-state index contributed by atoms with van der Waals surface area (Å²) >= 11 is 0. The van der Waals surface area contributed by atoms with Gasteiger partial charge in [0.2, 0.25) is 0 Å². The first-order chi connectivity index (χ1) is 10.2. The van der Waals surface area contributed by atoms with Crippen LogP contribution in [0.15, 0.2) is 23.0 Å². The van der Waals surface area contributed by atoms with Gasteiger partial charge in [0.05, 0.1) is 12.5 Å². The van der Waals surface area contributed by atoms with E-state index in [1.165, 1.54) is 0 Å². The Morgan fingerprint density at radius 3 is 2.71 bits per heavy atom. The molecule has 0 saturated carbocycles. The Morgan fingerprint density at radius 2 is 2.10 bits per heavy atom. The lowest BCUT2D eigenvalue weighted by Gasteiger charge is -2.22. The van der Waals surface area contributed by atoms with Gasteiger partial charge in [0.25, 0.3) is 0 Å². The summed E-state index contributed by atoms with van der Waals surface area (Å²) in [5, 5.41) is 3.33. The van der Waals surface area contributed by atoms with Crippen molar-refractivity contribution >= 4 is 11.6 Å². The topological polar surface area (TPSA) is 54.2 Å². The zero-order valence-corrected chi connectivity index (χ0v) is 13.3. The average molecular weight is 288 g/mol. The molecule has 0 radical (unpaired) electrons. The Bertz CT molecular complexity index is 566. The van der Waals surface area contributed by atoms with Crippen LogP contribution in [0.25, 0.3) is 0 Å².